The Morgan fingerprint density at radius 3 is 2.08 bits per heavy atom. The predicted octanol–water partition coefficient (Wildman–Crippen LogP) is 3.18. The molecule has 1 aromatic rings. The molecule has 13 heavy (non-hydrogen) atoms. The van der Waals surface area contributed by atoms with Crippen LogP contribution in [0.4, 0.5) is 0 Å². The molecule has 0 aliphatic heterocycles. The third-order valence-corrected chi connectivity index (χ3v) is 2.92. The zero-order chi connectivity index (χ0) is 10.2. The van der Waals surface area contributed by atoms with E-state index in [-0.39, 0.29) is 0 Å². The third-order valence-electron chi connectivity index (χ3n) is 2.92. The van der Waals surface area contributed by atoms with Gasteiger partial charge in [-0.1, -0.05) is 27.7 Å². The number of hydrogen-bond donors (Lipinski definition) is 1. The van der Waals surface area contributed by atoms with E-state index in [0.717, 1.165) is 5.69 Å². The van der Waals surface area contributed by atoms with Crippen LogP contribution in [0.5, 0.6) is 0 Å². The van der Waals surface area contributed by atoms with E-state index in [1.165, 1.54) is 11.3 Å². The minimum absolute atomic E-state index is 0.305. The molecule has 0 radical (unpaired) electrons. The van der Waals surface area contributed by atoms with E-state index in [1.54, 1.807) is 0 Å². The molecular weight excluding hydrogens is 160 g/mol. The van der Waals surface area contributed by atoms with Crippen molar-refractivity contribution in [2.45, 2.75) is 47.5 Å². The van der Waals surface area contributed by atoms with Crippen molar-refractivity contribution < 1.29 is 0 Å². The highest BCUT2D eigenvalue weighted by molar-refractivity contribution is 5.28. The van der Waals surface area contributed by atoms with Crippen LogP contribution >= 0.6 is 0 Å². The van der Waals surface area contributed by atoms with Crippen molar-refractivity contribution in [1.82, 2.24) is 10.2 Å². The molecule has 1 atom stereocenters. The Hall–Kier alpha value is -0.790. The highest BCUT2D eigenvalue weighted by Gasteiger charge is 2.25. The quantitative estimate of drug-likeness (QED) is 0.706. The van der Waals surface area contributed by atoms with E-state index < -0.39 is 0 Å². The first-order valence-corrected chi connectivity index (χ1v) is 4.85. The minimum Gasteiger partial charge on any atom is -0.282 e. The maximum absolute atomic E-state index is 4.23. The summed E-state index contributed by atoms with van der Waals surface area (Å²) in [6.07, 6.45) is 0. The number of aromatic nitrogens is 2. The summed E-state index contributed by atoms with van der Waals surface area (Å²) in [6, 6.07) is 0. The van der Waals surface area contributed by atoms with Crippen LogP contribution in [0.15, 0.2) is 0 Å². The van der Waals surface area contributed by atoms with Gasteiger partial charge in [0, 0.05) is 5.69 Å². The van der Waals surface area contributed by atoms with Gasteiger partial charge in [0.05, 0.1) is 5.69 Å². The van der Waals surface area contributed by atoms with Gasteiger partial charge in [-0.05, 0) is 30.7 Å². The molecule has 0 bridgehead atoms. The van der Waals surface area contributed by atoms with Gasteiger partial charge in [-0.2, -0.15) is 5.10 Å². The van der Waals surface area contributed by atoms with Crippen molar-refractivity contribution in [2.24, 2.45) is 5.41 Å². The molecular formula is C11H20N2. The van der Waals surface area contributed by atoms with Gasteiger partial charge >= 0.3 is 0 Å². The third kappa shape index (κ3) is 1.93. The summed E-state index contributed by atoms with van der Waals surface area (Å²) in [5.41, 5.74) is 4.03. The fourth-order valence-corrected chi connectivity index (χ4v) is 1.63. The van der Waals surface area contributed by atoms with Crippen molar-refractivity contribution in [2.75, 3.05) is 0 Å². The molecule has 74 valence electrons. The average molecular weight is 180 g/mol. The number of aromatic amines is 1. The number of H-pyrrole nitrogens is 1. The van der Waals surface area contributed by atoms with Crippen molar-refractivity contribution in [3.05, 3.63) is 17.0 Å². The van der Waals surface area contributed by atoms with Gasteiger partial charge in [0.15, 0.2) is 0 Å². The zero-order valence-electron chi connectivity index (χ0n) is 9.52. The van der Waals surface area contributed by atoms with Crippen LogP contribution in [0, 0.1) is 19.3 Å². The van der Waals surface area contributed by atoms with Crippen LogP contribution in [0.1, 0.15) is 50.6 Å². The maximum Gasteiger partial charge on any atom is 0.0628 e. The maximum atomic E-state index is 4.23. The van der Waals surface area contributed by atoms with Gasteiger partial charge in [0.2, 0.25) is 0 Å². The zero-order valence-corrected chi connectivity index (χ0v) is 9.52. The molecule has 1 aromatic heterocycles. The highest BCUT2D eigenvalue weighted by atomic mass is 15.1. The topological polar surface area (TPSA) is 28.7 Å². The summed E-state index contributed by atoms with van der Waals surface area (Å²) in [6.45, 7) is 13.2. The van der Waals surface area contributed by atoms with Crippen LogP contribution in [0.2, 0.25) is 0 Å². The van der Waals surface area contributed by atoms with E-state index in [4.69, 9.17) is 0 Å². The van der Waals surface area contributed by atoms with E-state index in [1.807, 2.05) is 0 Å². The Bertz CT molecular complexity index is 272. The van der Waals surface area contributed by atoms with E-state index in [0.29, 0.717) is 11.3 Å². The van der Waals surface area contributed by atoms with Crippen LogP contribution in [0.3, 0.4) is 0 Å². The van der Waals surface area contributed by atoms with Crippen molar-refractivity contribution in [3.63, 3.8) is 0 Å². The molecule has 1 rings (SSSR count). The van der Waals surface area contributed by atoms with Crippen molar-refractivity contribution in [1.29, 1.82) is 0 Å². The molecule has 1 N–H and O–H groups in total. The molecule has 2 nitrogen and oxygen atoms in total. The predicted molar refractivity (Wildman–Crippen MR) is 55.9 cm³/mol. The standard InChI is InChI=1S/C11H20N2/c1-7(11(4,5)6)10-8(2)12-13-9(10)3/h7H,1-6H3,(H,12,13). The molecule has 0 aliphatic carbocycles. The lowest BCUT2D eigenvalue weighted by Gasteiger charge is -2.27. The van der Waals surface area contributed by atoms with Gasteiger partial charge in [0.1, 0.15) is 0 Å². The first-order valence-electron chi connectivity index (χ1n) is 4.85. The van der Waals surface area contributed by atoms with Gasteiger partial charge in [-0.25, -0.2) is 0 Å². The van der Waals surface area contributed by atoms with Crippen LogP contribution in [-0.4, -0.2) is 10.2 Å². The lowest BCUT2D eigenvalue weighted by molar-refractivity contribution is 0.338. The number of hydrogen-bond acceptors (Lipinski definition) is 1. The smallest absolute Gasteiger partial charge is 0.0628 e. The van der Waals surface area contributed by atoms with Crippen molar-refractivity contribution >= 4 is 0 Å². The summed E-state index contributed by atoms with van der Waals surface area (Å²) in [5, 5.41) is 7.27. The summed E-state index contributed by atoms with van der Waals surface area (Å²) in [7, 11) is 0. The lowest BCUT2D eigenvalue weighted by atomic mass is 9.77. The van der Waals surface area contributed by atoms with E-state index in [9.17, 15) is 0 Å². The first-order chi connectivity index (χ1) is 5.84. The minimum atomic E-state index is 0.305. The molecule has 0 saturated carbocycles. The summed E-state index contributed by atoms with van der Waals surface area (Å²) in [4.78, 5) is 0. The molecule has 0 saturated heterocycles. The summed E-state index contributed by atoms with van der Waals surface area (Å²) in [5.74, 6) is 0.547. The van der Waals surface area contributed by atoms with Crippen molar-refractivity contribution in [3.8, 4) is 0 Å². The largest absolute Gasteiger partial charge is 0.282 e. The Kier molecular flexibility index (Phi) is 2.51. The SMILES string of the molecule is Cc1n[nH]c(C)c1C(C)C(C)(C)C. The Morgan fingerprint density at radius 2 is 1.77 bits per heavy atom. The van der Waals surface area contributed by atoms with Gasteiger partial charge in [-0.3, -0.25) is 5.10 Å². The number of rotatable bonds is 1. The molecule has 0 fully saturated rings. The summed E-state index contributed by atoms with van der Waals surface area (Å²) >= 11 is 0. The normalized spacial score (nSPS) is 14.6. The summed E-state index contributed by atoms with van der Waals surface area (Å²) < 4.78 is 0. The molecule has 0 spiro atoms. The number of aryl methyl sites for hydroxylation is 2. The van der Waals surface area contributed by atoms with Gasteiger partial charge < -0.3 is 0 Å². The van der Waals surface area contributed by atoms with Gasteiger partial charge in [0.25, 0.3) is 0 Å². The molecule has 0 aromatic carbocycles. The number of nitrogens with one attached hydrogen (secondary N) is 1. The second-order valence-corrected chi connectivity index (χ2v) is 4.94. The average Bonchev–Trinajstić information content (AvgIpc) is 2.28. The molecule has 1 heterocycles. The Balaban J connectivity index is 3.08. The molecule has 1 unspecified atom stereocenters. The lowest BCUT2D eigenvalue weighted by Crippen LogP contribution is -2.16. The van der Waals surface area contributed by atoms with Gasteiger partial charge in [-0.15, -0.1) is 0 Å². The molecule has 0 amide bonds. The highest BCUT2D eigenvalue weighted by Crippen LogP contribution is 2.36. The molecule has 0 aliphatic rings. The van der Waals surface area contributed by atoms with Crippen LogP contribution < -0.4 is 0 Å². The van der Waals surface area contributed by atoms with Crippen LogP contribution in [-0.2, 0) is 0 Å². The first kappa shape index (κ1) is 10.3. The van der Waals surface area contributed by atoms with E-state index in [2.05, 4.69) is 51.7 Å². The fourth-order valence-electron chi connectivity index (χ4n) is 1.63. The van der Waals surface area contributed by atoms with E-state index >= 15 is 0 Å². The monoisotopic (exact) mass is 180 g/mol. The Labute approximate surface area is 80.7 Å². The second-order valence-electron chi connectivity index (χ2n) is 4.94. The number of nitrogens with zero attached hydrogens (tertiary/aromatic N) is 1. The fraction of sp³-hybridized carbons (Fsp3) is 0.727. The molecule has 2 heteroatoms. The van der Waals surface area contributed by atoms with Crippen LogP contribution in [0.25, 0.3) is 0 Å². The Morgan fingerprint density at radius 1 is 1.23 bits per heavy atom. The second kappa shape index (κ2) is 3.17.